The van der Waals surface area contributed by atoms with Gasteiger partial charge in [0.1, 0.15) is 5.60 Å². The van der Waals surface area contributed by atoms with Crippen molar-refractivity contribution in [3.8, 4) is 0 Å². The smallest absolute Gasteiger partial charge is 0.407 e. The van der Waals surface area contributed by atoms with Crippen LogP contribution in [0.3, 0.4) is 0 Å². The van der Waals surface area contributed by atoms with Gasteiger partial charge in [0.25, 0.3) is 0 Å². The van der Waals surface area contributed by atoms with Crippen LogP contribution in [-0.2, 0) is 9.47 Å². The van der Waals surface area contributed by atoms with E-state index in [1.807, 2.05) is 32.9 Å². The Balaban J connectivity index is 2.04. The quantitative estimate of drug-likeness (QED) is 0.864. The molecule has 1 aromatic carbocycles. The first-order chi connectivity index (χ1) is 10.8. The van der Waals surface area contributed by atoms with Crippen LogP contribution < -0.4 is 5.32 Å². The first-order valence-corrected chi connectivity index (χ1v) is 8.68. The molecule has 128 valence electrons. The second-order valence-electron chi connectivity index (χ2n) is 6.60. The Kier molecular flexibility index (Phi) is 6.44. The van der Waals surface area contributed by atoms with E-state index in [0.29, 0.717) is 6.54 Å². The molecule has 1 amide bonds. The molecule has 0 aromatic heterocycles. The molecule has 2 rings (SSSR count). The monoisotopic (exact) mass is 384 g/mol. The van der Waals surface area contributed by atoms with Gasteiger partial charge in [0.15, 0.2) is 0 Å². The third-order valence-corrected chi connectivity index (χ3v) is 4.11. The van der Waals surface area contributed by atoms with Gasteiger partial charge in [-0.05, 0) is 38.5 Å². The molecule has 1 aliphatic heterocycles. The van der Waals surface area contributed by atoms with Crippen molar-refractivity contribution in [3.63, 3.8) is 0 Å². The molecule has 5 nitrogen and oxygen atoms in total. The third-order valence-electron chi connectivity index (χ3n) is 3.58. The minimum Gasteiger partial charge on any atom is -0.444 e. The number of ether oxygens (including phenoxy) is 2. The number of rotatable bonds is 4. The van der Waals surface area contributed by atoms with E-state index in [2.05, 4.69) is 38.3 Å². The van der Waals surface area contributed by atoms with E-state index in [1.165, 1.54) is 5.56 Å². The summed E-state index contributed by atoms with van der Waals surface area (Å²) in [4.78, 5) is 14.3. The van der Waals surface area contributed by atoms with Gasteiger partial charge in [-0.1, -0.05) is 28.1 Å². The maximum Gasteiger partial charge on any atom is 0.407 e. The first-order valence-electron chi connectivity index (χ1n) is 7.89. The highest BCUT2D eigenvalue weighted by atomic mass is 79.9. The van der Waals surface area contributed by atoms with Crippen molar-refractivity contribution in [2.45, 2.75) is 32.4 Å². The number of hydrogen-bond acceptors (Lipinski definition) is 4. The Morgan fingerprint density at radius 3 is 2.48 bits per heavy atom. The molecule has 1 unspecified atom stereocenters. The summed E-state index contributed by atoms with van der Waals surface area (Å²) in [7, 11) is 0. The van der Waals surface area contributed by atoms with Crippen LogP contribution in [0.5, 0.6) is 0 Å². The predicted molar refractivity (Wildman–Crippen MR) is 93.5 cm³/mol. The van der Waals surface area contributed by atoms with Crippen LogP contribution in [0.1, 0.15) is 32.4 Å². The van der Waals surface area contributed by atoms with Gasteiger partial charge in [-0.15, -0.1) is 0 Å². The maximum atomic E-state index is 11.9. The lowest BCUT2D eigenvalue weighted by molar-refractivity contribution is 0.0140. The summed E-state index contributed by atoms with van der Waals surface area (Å²) in [5, 5.41) is 2.89. The van der Waals surface area contributed by atoms with Crippen LogP contribution >= 0.6 is 15.9 Å². The lowest BCUT2D eigenvalue weighted by atomic mass is 10.0. The molecule has 6 heteroatoms. The minimum absolute atomic E-state index is 0.111. The number of nitrogens with one attached hydrogen (secondary N) is 1. The zero-order valence-corrected chi connectivity index (χ0v) is 15.6. The van der Waals surface area contributed by atoms with E-state index in [0.717, 1.165) is 30.8 Å². The molecule has 0 radical (unpaired) electrons. The highest BCUT2D eigenvalue weighted by Crippen LogP contribution is 2.23. The average Bonchev–Trinajstić information content (AvgIpc) is 2.48. The Hall–Kier alpha value is -1.11. The molecule has 1 aromatic rings. The number of carbonyl (C=O) groups excluding carboxylic acids is 1. The highest BCUT2D eigenvalue weighted by Gasteiger charge is 2.24. The zero-order chi connectivity index (χ0) is 16.9. The van der Waals surface area contributed by atoms with Crippen molar-refractivity contribution >= 4 is 22.0 Å². The van der Waals surface area contributed by atoms with E-state index in [-0.39, 0.29) is 12.1 Å². The van der Waals surface area contributed by atoms with E-state index in [1.54, 1.807) is 0 Å². The maximum absolute atomic E-state index is 11.9. The van der Waals surface area contributed by atoms with Crippen LogP contribution in [0.2, 0.25) is 0 Å². The van der Waals surface area contributed by atoms with E-state index < -0.39 is 5.60 Å². The number of morpholine rings is 1. The fraction of sp³-hybridized carbons (Fsp3) is 0.588. The number of hydrogen-bond donors (Lipinski definition) is 1. The molecule has 1 fully saturated rings. The summed E-state index contributed by atoms with van der Waals surface area (Å²) in [6, 6.07) is 8.33. The average molecular weight is 385 g/mol. The molecule has 1 saturated heterocycles. The summed E-state index contributed by atoms with van der Waals surface area (Å²) < 4.78 is 11.8. The molecule has 1 aliphatic rings. The van der Waals surface area contributed by atoms with Crippen LogP contribution in [-0.4, -0.2) is 49.4 Å². The van der Waals surface area contributed by atoms with Crippen molar-refractivity contribution in [3.05, 3.63) is 34.3 Å². The molecule has 1 heterocycles. The molecular weight excluding hydrogens is 360 g/mol. The normalized spacial score (nSPS) is 17.6. The molecule has 1 N–H and O–H groups in total. The molecule has 0 aliphatic carbocycles. The van der Waals surface area contributed by atoms with Crippen LogP contribution in [0.25, 0.3) is 0 Å². The number of amides is 1. The molecular formula is C17H25BrN2O3. The van der Waals surface area contributed by atoms with Crippen molar-refractivity contribution in [2.24, 2.45) is 0 Å². The van der Waals surface area contributed by atoms with Gasteiger partial charge in [0.05, 0.1) is 19.3 Å². The van der Waals surface area contributed by atoms with Gasteiger partial charge >= 0.3 is 6.09 Å². The largest absolute Gasteiger partial charge is 0.444 e. The Bertz CT molecular complexity index is 508. The van der Waals surface area contributed by atoms with Crippen molar-refractivity contribution in [1.29, 1.82) is 0 Å². The number of carbonyl (C=O) groups is 1. The second kappa shape index (κ2) is 8.13. The standard InChI is InChI=1S/C17H25BrN2O3/c1-17(2,3)23-16(21)19-12-15(20-8-10-22-11-9-20)13-4-6-14(18)7-5-13/h4-7,15H,8-12H2,1-3H3,(H,19,21). The number of alkyl carbamates (subject to hydrolysis) is 1. The predicted octanol–water partition coefficient (Wildman–Crippen LogP) is 3.35. The van der Waals surface area contributed by atoms with Crippen molar-refractivity contribution in [2.75, 3.05) is 32.8 Å². The number of nitrogens with zero attached hydrogens (tertiary/aromatic N) is 1. The van der Waals surface area contributed by atoms with E-state index in [9.17, 15) is 4.79 Å². The van der Waals surface area contributed by atoms with Gasteiger partial charge < -0.3 is 14.8 Å². The molecule has 23 heavy (non-hydrogen) atoms. The number of halogens is 1. The molecule has 0 spiro atoms. The summed E-state index contributed by atoms with van der Waals surface area (Å²) in [5.74, 6) is 0. The minimum atomic E-state index is -0.490. The van der Waals surface area contributed by atoms with E-state index >= 15 is 0 Å². The summed E-state index contributed by atoms with van der Waals surface area (Å²) in [5.41, 5.74) is 0.682. The lowest BCUT2D eigenvalue weighted by Crippen LogP contribution is -2.44. The summed E-state index contributed by atoms with van der Waals surface area (Å²) in [6.07, 6.45) is -0.382. The van der Waals surface area contributed by atoms with Crippen LogP contribution in [0.4, 0.5) is 4.79 Å². The Morgan fingerprint density at radius 2 is 1.91 bits per heavy atom. The summed E-state index contributed by atoms with van der Waals surface area (Å²) >= 11 is 3.46. The summed E-state index contributed by atoms with van der Waals surface area (Å²) in [6.45, 7) is 9.26. The van der Waals surface area contributed by atoms with E-state index in [4.69, 9.17) is 9.47 Å². The Labute approximate surface area is 146 Å². The van der Waals surface area contributed by atoms with Gasteiger partial charge in [0, 0.05) is 24.1 Å². The molecule has 1 atom stereocenters. The Morgan fingerprint density at radius 1 is 1.30 bits per heavy atom. The van der Waals surface area contributed by atoms with Gasteiger partial charge in [-0.3, -0.25) is 4.90 Å². The molecule has 0 bridgehead atoms. The SMILES string of the molecule is CC(C)(C)OC(=O)NCC(c1ccc(Br)cc1)N1CCOCC1. The highest BCUT2D eigenvalue weighted by molar-refractivity contribution is 9.10. The van der Waals surface area contributed by atoms with Crippen LogP contribution in [0, 0.1) is 0 Å². The second-order valence-corrected chi connectivity index (χ2v) is 7.51. The topological polar surface area (TPSA) is 50.8 Å². The van der Waals surface area contributed by atoms with Gasteiger partial charge in [0.2, 0.25) is 0 Å². The fourth-order valence-electron chi connectivity index (χ4n) is 2.53. The van der Waals surface area contributed by atoms with Gasteiger partial charge in [-0.2, -0.15) is 0 Å². The zero-order valence-electron chi connectivity index (χ0n) is 14.0. The van der Waals surface area contributed by atoms with Crippen molar-refractivity contribution in [1.82, 2.24) is 10.2 Å². The first kappa shape index (κ1) is 18.2. The number of benzene rings is 1. The van der Waals surface area contributed by atoms with Gasteiger partial charge in [-0.25, -0.2) is 4.79 Å². The van der Waals surface area contributed by atoms with Crippen molar-refractivity contribution < 1.29 is 14.3 Å². The third kappa shape index (κ3) is 6.12. The fourth-order valence-corrected chi connectivity index (χ4v) is 2.79. The lowest BCUT2D eigenvalue weighted by Gasteiger charge is -2.35. The molecule has 0 saturated carbocycles. The van der Waals surface area contributed by atoms with Crippen LogP contribution in [0.15, 0.2) is 28.7 Å².